The van der Waals surface area contributed by atoms with Gasteiger partial charge >= 0.3 is 0 Å². The summed E-state index contributed by atoms with van der Waals surface area (Å²) in [5, 5.41) is 3.21. The lowest BCUT2D eigenvalue weighted by atomic mass is 10.00. The Morgan fingerprint density at radius 2 is 1.83 bits per heavy atom. The molecule has 136 valence electrons. The summed E-state index contributed by atoms with van der Waals surface area (Å²) in [5.41, 5.74) is 11.1. The first kappa shape index (κ1) is 21.2. The van der Waals surface area contributed by atoms with Crippen molar-refractivity contribution >= 4 is 29.9 Å². The van der Waals surface area contributed by atoms with Crippen LogP contribution in [0.5, 0.6) is 0 Å². The Morgan fingerprint density at radius 1 is 1.21 bits per heavy atom. The molecule has 1 aromatic carbocycles. The van der Waals surface area contributed by atoms with Gasteiger partial charge in [0.05, 0.1) is 19.8 Å². The van der Waals surface area contributed by atoms with Crippen molar-refractivity contribution in [3.63, 3.8) is 0 Å². The van der Waals surface area contributed by atoms with Crippen LogP contribution in [0.15, 0.2) is 17.1 Å². The van der Waals surface area contributed by atoms with Gasteiger partial charge in [0.2, 0.25) is 0 Å². The largest absolute Gasteiger partial charge is 0.379 e. The molecule has 5 nitrogen and oxygen atoms in total. The van der Waals surface area contributed by atoms with Crippen molar-refractivity contribution in [2.45, 2.75) is 33.7 Å². The Labute approximate surface area is 163 Å². The number of nitrogens with one attached hydrogen (secondary N) is 1. The van der Waals surface area contributed by atoms with E-state index in [-0.39, 0.29) is 24.0 Å². The van der Waals surface area contributed by atoms with Gasteiger partial charge in [0.15, 0.2) is 5.96 Å². The summed E-state index contributed by atoms with van der Waals surface area (Å²) < 4.78 is 5.35. The van der Waals surface area contributed by atoms with Gasteiger partial charge in [0, 0.05) is 19.6 Å². The third-order valence-corrected chi connectivity index (χ3v) is 4.31. The Balaban J connectivity index is 0.00000288. The predicted molar refractivity (Wildman–Crippen MR) is 111 cm³/mol. The van der Waals surface area contributed by atoms with Crippen molar-refractivity contribution in [2.75, 3.05) is 39.4 Å². The van der Waals surface area contributed by atoms with E-state index >= 15 is 0 Å². The lowest BCUT2D eigenvalue weighted by molar-refractivity contribution is 0.0376. The number of ether oxygens (including phenoxy) is 1. The molecule has 6 heteroatoms. The summed E-state index contributed by atoms with van der Waals surface area (Å²) in [6, 6.07) is 4.40. The highest BCUT2D eigenvalue weighted by molar-refractivity contribution is 14.0. The summed E-state index contributed by atoms with van der Waals surface area (Å²) in [5.74, 6) is 0.534. The van der Waals surface area contributed by atoms with Crippen molar-refractivity contribution in [3.8, 4) is 0 Å². The number of aryl methyl sites for hydroxylation is 3. The van der Waals surface area contributed by atoms with Crippen LogP contribution >= 0.6 is 24.0 Å². The average molecular weight is 446 g/mol. The van der Waals surface area contributed by atoms with Gasteiger partial charge < -0.3 is 15.8 Å². The van der Waals surface area contributed by atoms with Crippen LogP contribution in [-0.4, -0.2) is 50.3 Å². The lowest BCUT2D eigenvalue weighted by Crippen LogP contribution is -2.39. The topological polar surface area (TPSA) is 62.9 Å². The highest BCUT2D eigenvalue weighted by atomic mass is 127. The molecule has 0 radical (unpaired) electrons. The Bertz CT molecular complexity index is 519. The standard InChI is InChI=1S/C18H30N4O.HI/c1-14-11-15(2)17(16(3)12-14)13-21-18(19)20-5-4-6-22-7-9-23-10-8-22;/h11-12H,4-10,13H2,1-3H3,(H3,19,20,21);1H. The van der Waals surface area contributed by atoms with Gasteiger partial charge in [-0.2, -0.15) is 0 Å². The maximum Gasteiger partial charge on any atom is 0.188 e. The van der Waals surface area contributed by atoms with Crippen LogP contribution in [0.3, 0.4) is 0 Å². The third-order valence-electron chi connectivity index (χ3n) is 4.31. The fourth-order valence-electron chi connectivity index (χ4n) is 3.02. The normalized spacial score (nSPS) is 15.9. The van der Waals surface area contributed by atoms with Gasteiger partial charge in [0.25, 0.3) is 0 Å². The SMILES string of the molecule is Cc1cc(C)c(CN=C(N)NCCCN2CCOCC2)c(C)c1.I. The van der Waals surface area contributed by atoms with Crippen LogP contribution in [0.25, 0.3) is 0 Å². The van der Waals surface area contributed by atoms with Gasteiger partial charge in [-0.15, -0.1) is 24.0 Å². The van der Waals surface area contributed by atoms with Crippen LogP contribution in [0, 0.1) is 20.8 Å². The summed E-state index contributed by atoms with van der Waals surface area (Å²) in [6.45, 7) is 12.8. The molecule has 0 unspecified atom stereocenters. The number of hydrogen-bond donors (Lipinski definition) is 2. The molecule has 1 aromatic rings. The van der Waals surface area contributed by atoms with Crippen molar-refractivity contribution in [1.82, 2.24) is 10.2 Å². The fourth-order valence-corrected chi connectivity index (χ4v) is 3.02. The summed E-state index contributed by atoms with van der Waals surface area (Å²) in [4.78, 5) is 6.91. The Morgan fingerprint density at radius 3 is 2.46 bits per heavy atom. The van der Waals surface area contributed by atoms with E-state index in [9.17, 15) is 0 Å². The summed E-state index contributed by atoms with van der Waals surface area (Å²) >= 11 is 0. The van der Waals surface area contributed by atoms with Crippen LogP contribution < -0.4 is 11.1 Å². The third kappa shape index (κ3) is 6.94. The van der Waals surface area contributed by atoms with Gasteiger partial charge in [0.1, 0.15) is 0 Å². The van der Waals surface area contributed by atoms with Crippen molar-refractivity contribution in [1.29, 1.82) is 0 Å². The molecule has 3 N–H and O–H groups in total. The minimum absolute atomic E-state index is 0. The Hall–Kier alpha value is -0.860. The highest BCUT2D eigenvalue weighted by Gasteiger charge is 2.09. The minimum Gasteiger partial charge on any atom is -0.379 e. The molecule has 0 aliphatic carbocycles. The van der Waals surface area contributed by atoms with Crippen molar-refractivity contribution in [3.05, 3.63) is 34.4 Å². The number of halogens is 1. The molecule has 0 spiro atoms. The van der Waals surface area contributed by atoms with E-state index in [0.717, 1.165) is 45.8 Å². The first-order chi connectivity index (χ1) is 11.1. The van der Waals surface area contributed by atoms with E-state index in [2.05, 4.69) is 48.1 Å². The predicted octanol–water partition coefficient (Wildman–Crippen LogP) is 2.36. The van der Waals surface area contributed by atoms with Crippen molar-refractivity contribution < 1.29 is 4.74 Å². The smallest absolute Gasteiger partial charge is 0.188 e. The number of rotatable bonds is 6. The molecule has 24 heavy (non-hydrogen) atoms. The zero-order chi connectivity index (χ0) is 16.7. The first-order valence-electron chi connectivity index (χ1n) is 8.47. The quantitative estimate of drug-likeness (QED) is 0.305. The molecule has 2 rings (SSSR count). The minimum atomic E-state index is 0. The second-order valence-electron chi connectivity index (χ2n) is 6.31. The zero-order valence-electron chi connectivity index (χ0n) is 15.1. The van der Waals surface area contributed by atoms with Gasteiger partial charge in [-0.05, 0) is 50.4 Å². The number of guanidine groups is 1. The average Bonchev–Trinajstić information content (AvgIpc) is 2.51. The second-order valence-corrected chi connectivity index (χ2v) is 6.31. The van der Waals surface area contributed by atoms with Gasteiger partial charge in [-0.25, -0.2) is 4.99 Å². The molecule has 1 aliphatic rings. The van der Waals surface area contributed by atoms with E-state index in [4.69, 9.17) is 10.5 Å². The maximum atomic E-state index is 5.98. The molecule has 1 aliphatic heterocycles. The molecule has 0 saturated carbocycles. The van der Waals surface area contributed by atoms with Crippen LogP contribution in [0.2, 0.25) is 0 Å². The van der Waals surface area contributed by atoms with E-state index < -0.39 is 0 Å². The number of aliphatic imine (C=N–C) groups is 1. The van der Waals surface area contributed by atoms with Crippen molar-refractivity contribution in [2.24, 2.45) is 10.7 Å². The van der Waals surface area contributed by atoms with E-state index in [1.165, 1.54) is 22.3 Å². The second kappa shape index (κ2) is 10.9. The number of hydrogen-bond acceptors (Lipinski definition) is 3. The molecule has 1 heterocycles. The van der Waals surface area contributed by atoms with Crippen LogP contribution in [-0.2, 0) is 11.3 Å². The molecular formula is C18H31IN4O. The number of morpholine rings is 1. The summed E-state index contributed by atoms with van der Waals surface area (Å²) in [7, 11) is 0. The molecule has 0 atom stereocenters. The monoisotopic (exact) mass is 446 g/mol. The van der Waals surface area contributed by atoms with E-state index in [1.807, 2.05) is 0 Å². The van der Waals surface area contributed by atoms with E-state index in [1.54, 1.807) is 0 Å². The number of nitrogens with two attached hydrogens (primary N) is 1. The zero-order valence-corrected chi connectivity index (χ0v) is 17.4. The molecular weight excluding hydrogens is 415 g/mol. The molecule has 0 bridgehead atoms. The Kier molecular flexibility index (Phi) is 9.61. The number of benzene rings is 1. The molecule has 1 fully saturated rings. The lowest BCUT2D eigenvalue weighted by Gasteiger charge is -2.26. The summed E-state index contributed by atoms with van der Waals surface area (Å²) in [6.07, 6.45) is 1.07. The van der Waals surface area contributed by atoms with Crippen LogP contribution in [0.4, 0.5) is 0 Å². The maximum absolute atomic E-state index is 5.98. The van der Waals surface area contributed by atoms with E-state index in [0.29, 0.717) is 12.5 Å². The molecule has 1 saturated heterocycles. The van der Waals surface area contributed by atoms with Crippen LogP contribution in [0.1, 0.15) is 28.7 Å². The van der Waals surface area contributed by atoms with Gasteiger partial charge in [-0.1, -0.05) is 17.7 Å². The number of nitrogens with zero attached hydrogens (tertiary/aromatic N) is 2. The molecule has 0 aromatic heterocycles. The fraction of sp³-hybridized carbons (Fsp3) is 0.611. The van der Waals surface area contributed by atoms with Gasteiger partial charge in [-0.3, -0.25) is 4.90 Å². The molecule has 0 amide bonds. The highest BCUT2D eigenvalue weighted by Crippen LogP contribution is 2.17. The first-order valence-corrected chi connectivity index (χ1v) is 8.47.